The molecule has 0 saturated heterocycles. The van der Waals surface area contributed by atoms with E-state index in [1.165, 1.54) is 12.4 Å². The van der Waals surface area contributed by atoms with Gasteiger partial charge in [-0.2, -0.15) is 18.3 Å². The van der Waals surface area contributed by atoms with Gasteiger partial charge >= 0.3 is 6.18 Å². The molecule has 3 rings (SSSR count). The third kappa shape index (κ3) is 5.83. The molecule has 3 aromatic rings. The van der Waals surface area contributed by atoms with Crippen LogP contribution in [0, 0.1) is 0 Å². The molecule has 0 atom stereocenters. The molecule has 0 aliphatic heterocycles. The number of anilines is 1. The van der Waals surface area contributed by atoms with Crippen molar-refractivity contribution in [3.63, 3.8) is 0 Å². The van der Waals surface area contributed by atoms with E-state index >= 15 is 0 Å². The van der Waals surface area contributed by atoms with Crippen LogP contribution >= 0.6 is 0 Å². The predicted octanol–water partition coefficient (Wildman–Crippen LogP) is 3.02. The predicted molar refractivity (Wildman–Crippen MR) is 103 cm³/mol. The van der Waals surface area contributed by atoms with E-state index in [0.29, 0.717) is 6.54 Å². The van der Waals surface area contributed by atoms with Crippen molar-refractivity contribution in [1.82, 2.24) is 15.1 Å². The van der Waals surface area contributed by atoms with Crippen LogP contribution in [-0.4, -0.2) is 36.8 Å². The van der Waals surface area contributed by atoms with E-state index in [2.05, 4.69) is 9.82 Å². The zero-order chi connectivity index (χ0) is 21.8. The average molecular weight is 438 g/mol. The molecule has 158 valence electrons. The highest BCUT2D eigenvalue weighted by molar-refractivity contribution is 7.92. The maximum Gasteiger partial charge on any atom is 0.405 e. The minimum Gasteiger partial charge on any atom is -0.343 e. The Morgan fingerprint density at radius 1 is 1.03 bits per heavy atom. The fourth-order valence-electron chi connectivity index (χ4n) is 2.56. The number of alkyl halides is 3. The first-order chi connectivity index (χ1) is 14.1. The average Bonchev–Trinajstić information content (AvgIpc) is 3.12. The largest absolute Gasteiger partial charge is 0.405 e. The first-order valence-electron chi connectivity index (χ1n) is 8.67. The van der Waals surface area contributed by atoms with Crippen molar-refractivity contribution >= 4 is 21.6 Å². The number of sulfonamides is 1. The molecule has 0 fully saturated rings. The second kappa shape index (κ2) is 8.57. The van der Waals surface area contributed by atoms with Gasteiger partial charge in [-0.25, -0.2) is 8.42 Å². The molecule has 1 heterocycles. The van der Waals surface area contributed by atoms with Crippen molar-refractivity contribution < 1.29 is 26.4 Å². The number of amides is 1. The van der Waals surface area contributed by atoms with Crippen LogP contribution in [0.2, 0.25) is 0 Å². The van der Waals surface area contributed by atoms with Gasteiger partial charge in [-0.1, -0.05) is 30.3 Å². The number of carbonyl (C=O) groups is 1. The lowest BCUT2D eigenvalue weighted by Gasteiger charge is -2.09. The smallest absolute Gasteiger partial charge is 0.343 e. The highest BCUT2D eigenvalue weighted by Crippen LogP contribution is 2.17. The summed E-state index contributed by atoms with van der Waals surface area (Å²) in [6.45, 7) is -1.01. The van der Waals surface area contributed by atoms with Crippen LogP contribution < -0.4 is 10.0 Å². The minimum absolute atomic E-state index is 0.0890. The summed E-state index contributed by atoms with van der Waals surface area (Å²) in [5.41, 5.74) is 1.15. The van der Waals surface area contributed by atoms with E-state index in [0.717, 1.165) is 29.8 Å². The standard InChI is InChI=1S/C19H17F3N4O3S/c20-19(21,22)13-23-18(27)15-6-8-17(9-7-15)30(28,29)25-16-10-24-26(12-16)11-14-4-2-1-3-5-14/h1-10,12,25H,11,13H2,(H,23,27). The molecule has 0 saturated carbocycles. The number of hydrogen-bond donors (Lipinski definition) is 2. The third-order valence-electron chi connectivity index (χ3n) is 3.95. The van der Waals surface area contributed by atoms with Gasteiger partial charge in [-0.05, 0) is 29.8 Å². The van der Waals surface area contributed by atoms with E-state index in [4.69, 9.17) is 0 Å². The first-order valence-corrected chi connectivity index (χ1v) is 10.1. The molecule has 2 aromatic carbocycles. The molecule has 11 heteroatoms. The van der Waals surface area contributed by atoms with Gasteiger partial charge in [-0.15, -0.1) is 0 Å². The van der Waals surface area contributed by atoms with Crippen molar-refractivity contribution in [3.05, 3.63) is 78.1 Å². The fourth-order valence-corrected chi connectivity index (χ4v) is 3.58. The normalized spacial score (nSPS) is 11.8. The van der Waals surface area contributed by atoms with Crippen LogP contribution in [0.5, 0.6) is 0 Å². The Morgan fingerprint density at radius 2 is 1.70 bits per heavy atom. The summed E-state index contributed by atoms with van der Waals surface area (Å²) in [5.74, 6) is -0.952. The molecule has 0 bridgehead atoms. The Kier molecular flexibility index (Phi) is 6.11. The molecule has 30 heavy (non-hydrogen) atoms. The van der Waals surface area contributed by atoms with Gasteiger partial charge in [0.1, 0.15) is 6.54 Å². The number of rotatable bonds is 7. The van der Waals surface area contributed by atoms with Gasteiger partial charge in [0.25, 0.3) is 15.9 Å². The fraction of sp³-hybridized carbons (Fsp3) is 0.158. The Morgan fingerprint density at radius 3 is 2.33 bits per heavy atom. The number of nitrogens with zero attached hydrogens (tertiary/aromatic N) is 2. The van der Waals surface area contributed by atoms with Gasteiger partial charge in [-0.3, -0.25) is 14.2 Å². The molecular weight excluding hydrogens is 421 g/mol. The number of carbonyl (C=O) groups excluding carboxylic acids is 1. The maximum atomic E-state index is 12.5. The number of hydrogen-bond acceptors (Lipinski definition) is 4. The minimum atomic E-state index is -4.53. The zero-order valence-electron chi connectivity index (χ0n) is 15.4. The monoisotopic (exact) mass is 438 g/mol. The van der Waals surface area contributed by atoms with Gasteiger partial charge in [0.15, 0.2) is 0 Å². The molecule has 0 aliphatic rings. The molecular formula is C19H17F3N4O3S. The lowest BCUT2D eigenvalue weighted by molar-refractivity contribution is -0.123. The van der Waals surface area contributed by atoms with Gasteiger partial charge < -0.3 is 5.32 Å². The van der Waals surface area contributed by atoms with Crippen molar-refractivity contribution in [2.75, 3.05) is 11.3 Å². The molecule has 0 aliphatic carbocycles. The van der Waals surface area contributed by atoms with E-state index in [-0.39, 0.29) is 16.1 Å². The van der Waals surface area contributed by atoms with Crippen LogP contribution in [0.1, 0.15) is 15.9 Å². The van der Waals surface area contributed by atoms with Crippen molar-refractivity contribution in [1.29, 1.82) is 0 Å². The summed E-state index contributed by atoms with van der Waals surface area (Å²) in [6.07, 6.45) is -1.64. The summed E-state index contributed by atoms with van der Waals surface area (Å²) < 4.78 is 65.5. The zero-order valence-corrected chi connectivity index (χ0v) is 16.2. The summed E-state index contributed by atoms with van der Waals surface area (Å²) in [7, 11) is -3.97. The highest BCUT2D eigenvalue weighted by Gasteiger charge is 2.28. The second-order valence-electron chi connectivity index (χ2n) is 6.34. The Balaban J connectivity index is 1.65. The van der Waals surface area contributed by atoms with Crippen molar-refractivity contribution in [2.24, 2.45) is 0 Å². The number of halogens is 3. The van der Waals surface area contributed by atoms with Crippen molar-refractivity contribution in [2.45, 2.75) is 17.6 Å². The lowest BCUT2D eigenvalue weighted by Crippen LogP contribution is -2.33. The SMILES string of the molecule is O=C(NCC(F)(F)F)c1ccc(S(=O)(=O)Nc2cnn(Cc3ccccc3)c2)cc1. The van der Waals surface area contributed by atoms with E-state index in [9.17, 15) is 26.4 Å². The Labute approximate surface area is 170 Å². The summed E-state index contributed by atoms with van der Waals surface area (Å²) in [5, 5.41) is 5.83. The quantitative estimate of drug-likeness (QED) is 0.593. The molecule has 1 aromatic heterocycles. The maximum absolute atomic E-state index is 12.5. The third-order valence-corrected chi connectivity index (χ3v) is 5.35. The molecule has 0 unspecified atom stereocenters. The van der Waals surface area contributed by atoms with E-state index < -0.39 is 28.7 Å². The number of aromatic nitrogens is 2. The van der Waals surface area contributed by atoms with Crippen molar-refractivity contribution in [3.8, 4) is 0 Å². The molecule has 2 N–H and O–H groups in total. The first kappa shape index (κ1) is 21.4. The molecule has 1 amide bonds. The molecule has 0 spiro atoms. The molecule has 0 radical (unpaired) electrons. The Bertz CT molecular complexity index is 1110. The number of nitrogens with one attached hydrogen (secondary N) is 2. The highest BCUT2D eigenvalue weighted by atomic mass is 32.2. The van der Waals surface area contributed by atoms with Crippen LogP contribution in [0.4, 0.5) is 18.9 Å². The lowest BCUT2D eigenvalue weighted by atomic mass is 10.2. The van der Waals surface area contributed by atoms with Crippen LogP contribution in [0.25, 0.3) is 0 Å². The van der Waals surface area contributed by atoms with Gasteiger partial charge in [0.05, 0.1) is 23.3 Å². The van der Waals surface area contributed by atoms with Gasteiger partial charge in [0, 0.05) is 11.8 Å². The van der Waals surface area contributed by atoms with Crippen LogP contribution in [-0.2, 0) is 16.6 Å². The summed E-state index contributed by atoms with van der Waals surface area (Å²) in [4.78, 5) is 11.6. The van der Waals surface area contributed by atoms with Crippen LogP contribution in [0.15, 0.2) is 71.9 Å². The van der Waals surface area contributed by atoms with E-state index in [1.807, 2.05) is 30.3 Å². The summed E-state index contributed by atoms with van der Waals surface area (Å²) in [6, 6.07) is 14.0. The number of benzene rings is 2. The van der Waals surface area contributed by atoms with Gasteiger partial charge in [0.2, 0.25) is 0 Å². The molecule has 7 nitrogen and oxygen atoms in total. The summed E-state index contributed by atoms with van der Waals surface area (Å²) >= 11 is 0. The Hall–Kier alpha value is -3.34. The van der Waals surface area contributed by atoms with E-state index in [1.54, 1.807) is 10.00 Å². The topological polar surface area (TPSA) is 93.1 Å². The second-order valence-corrected chi connectivity index (χ2v) is 8.02. The van der Waals surface area contributed by atoms with Crippen LogP contribution in [0.3, 0.4) is 0 Å².